The number of nitrogens with zero attached hydrogens (tertiary/aromatic N) is 5. The molecule has 0 saturated heterocycles. The van der Waals surface area contributed by atoms with Gasteiger partial charge in [-0.25, -0.2) is 13.4 Å². The summed E-state index contributed by atoms with van der Waals surface area (Å²) in [5, 5.41) is 9.19. The lowest BCUT2D eigenvalue weighted by Crippen LogP contribution is -2.33. The molecule has 0 saturated carbocycles. The Morgan fingerprint density at radius 3 is 2.50 bits per heavy atom. The second-order valence-electron chi connectivity index (χ2n) is 7.88. The van der Waals surface area contributed by atoms with Gasteiger partial charge in [0.25, 0.3) is 0 Å². The molecular formula is C26H21N5O2S. The molecule has 168 valence electrons. The Labute approximate surface area is 198 Å². The van der Waals surface area contributed by atoms with Crippen LogP contribution in [0.15, 0.2) is 96.3 Å². The van der Waals surface area contributed by atoms with Gasteiger partial charge < -0.3 is 9.80 Å². The molecule has 8 heteroatoms. The average Bonchev–Trinajstić information content (AvgIpc) is 2.88. The van der Waals surface area contributed by atoms with Crippen LogP contribution in [0.4, 0.5) is 22.9 Å². The first-order chi connectivity index (χ1) is 16.6. The number of hydrogen-bond acceptors (Lipinski definition) is 7. The first kappa shape index (κ1) is 21.6. The van der Waals surface area contributed by atoms with Crippen molar-refractivity contribution in [2.24, 2.45) is 0 Å². The van der Waals surface area contributed by atoms with Gasteiger partial charge in [0.2, 0.25) is 0 Å². The highest BCUT2D eigenvalue weighted by Gasteiger charge is 2.30. The zero-order valence-corrected chi connectivity index (χ0v) is 19.1. The summed E-state index contributed by atoms with van der Waals surface area (Å²) < 4.78 is 25.3. The van der Waals surface area contributed by atoms with E-state index in [-0.39, 0.29) is 5.75 Å². The van der Waals surface area contributed by atoms with Crippen molar-refractivity contribution in [2.45, 2.75) is 11.4 Å². The van der Waals surface area contributed by atoms with E-state index >= 15 is 0 Å². The fraction of sp³-hybridized carbons (Fsp3) is 0.115. The molecule has 2 aromatic heterocycles. The van der Waals surface area contributed by atoms with Crippen LogP contribution in [0.25, 0.3) is 0 Å². The van der Waals surface area contributed by atoms with Crippen LogP contribution in [-0.4, -0.2) is 30.7 Å². The number of benzene rings is 2. The van der Waals surface area contributed by atoms with E-state index in [1.165, 1.54) is 0 Å². The van der Waals surface area contributed by atoms with Crippen molar-refractivity contribution in [2.75, 3.05) is 22.1 Å². The molecule has 0 radical (unpaired) electrons. The number of anilines is 4. The molecule has 0 spiro atoms. The maximum Gasteiger partial charge on any atom is 0.182 e. The fourth-order valence-corrected chi connectivity index (χ4v) is 5.56. The molecule has 7 nitrogen and oxygen atoms in total. The van der Waals surface area contributed by atoms with E-state index in [0.717, 1.165) is 16.9 Å². The number of aromatic nitrogens is 2. The van der Waals surface area contributed by atoms with Crippen molar-refractivity contribution < 1.29 is 8.42 Å². The Kier molecular flexibility index (Phi) is 5.70. The molecule has 4 aromatic rings. The summed E-state index contributed by atoms with van der Waals surface area (Å²) in [6, 6.07) is 24.3. The van der Waals surface area contributed by atoms with E-state index < -0.39 is 9.84 Å². The van der Waals surface area contributed by atoms with Gasteiger partial charge in [-0.05, 0) is 54.6 Å². The van der Waals surface area contributed by atoms with Crippen molar-refractivity contribution in [1.82, 2.24) is 9.97 Å². The summed E-state index contributed by atoms with van der Waals surface area (Å²) in [5.74, 6) is 0.745. The normalized spacial score (nSPS) is 14.1. The molecule has 0 N–H and O–H groups in total. The molecule has 1 aliphatic heterocycles. The highest BCUT2D eigenvalue weighted by atomic mass is 32.2. The summed E-state index contributed by atoms with van der Waals surface area (Å²) >= 11 is 0. The minimum absolute atomic E-state index is 0.0297. The van der Waals surface area contributed by atoms with Crippen LogP contribution in [0.2, 0.25) is 0 Å². The topological polar surface area (TPSA) is 90.2 Å². The number of sulfone groups is 1. The van der Waals surface area contributed by atoms with Gasteiger partial charge in [0.15, 0.2) is 9.84 Å². The molecule has 34 heavy (non-hydrogen) atoms. The zero-order chi connectivity index (χ0) is 23.5. The van der Waals surface area contributed by atoms with Crippen LogP contribution in [0, 0.1) is 11.3 Å². The number of para-hydroxylation sites is 1. The fourth-order valence-electron chi connectivity index (χ4n) is 4.13. The third kappa shape index (κ3) is 4.09. The Morgan fingerprint density at radius 2 is 1.74 bits per heavy atom. The smallest absolute Gasteiger partial charge is 0.182 e. The number of rotatable bonds is 5. The maximum absolute atomic E-state index is 12.6. The van der Waals surface area contributed by atoms with Crippen molar-refractivity contribution in [1.29, 1.82) is 5.26 Å². The van der Waals surface area contributed by atoms with Crippen molar-refractivity contribution >= 4 is 32.7 Å². The van der Waals surface area contributed by atoms with E-state index in [0.29, 0.717) is 35.1 Å². The molecule has 5 rings (SSSR count). The predicted molar refractivity (Wildman–Crippen MR) is 131 cm³/mol. The molecule has 0 unspecified atom stereocenters. The largest absolute Gasteiger partial charge is 0.336 e. The van der Waals surface area contributed by atoms with Crippen molar-refractivity contribution in [3.8, 4) is 6.07 Å². The number of fused-ring (bicyclic) bond motifs is 1. The second kappa shape index (κ2) is 8.96. The molecular weight excluding hydrogens is 446 g/mol. The zero-order valence-electron chi connectivity index (χ0n) is 18.2. The predicted octanol–water partition coefficient (Wildman–Crippen LogP) is 4.61. The third-order valence-electron chi connectivity index (χ3n) is 5.79. The maximum atomic E-state index is 12.6. The van der Waals surface area contributed by atoms with Gasteiger partial charge in [0.1, 0.15) is 5.82 Å². The summed E-state index contributed by atoms with van der Waals surface area (Å²) in [7, 11) is -3.33. The van der Waals surface area contributed by atoms with Crippen LogP contribution in [-0.2, 0) is 16.4 Å². The monoisotopic (exact) mass is 467 g/mol. The second-order valence-corrected chi connectivity index (χ2v) is 9.96. The average molecular weight is 468 g/mol. The lowest BCUT2D eigenvalue weighted by Gasteiger charge is -2.33. The molecule has 0 aliphatic carbocycles. The van der Waals surface area contributed by atoms with Gasteiger partial charge in [0, 0.05) is 30.2 Å². The van der Waals surface area contributed by atoms with Gasteiger partial charge in [-0.3, -0.25) is 4.98 Å². The first-order valence-electron chi connectivity index (χ1n) is 10.8. The minimum Gasteiger partial charge on any atom is -0.336 e. The van der Waals surface area contributed by atoms with Crippen molar-refractivity contribution in [3.63, 3.8) is 0 Å². The lowest BCUT2D eigenvalue weighted by atomic mass is 10.1. The Hall–Kier alpha value is -4.22. The molecule has 0 bridgehead atoms. The van der Waals surface area contributed by atoms with E-state index in [2.05, 4.69) is 20.9 Å². The van der Waals surface area contributed by atoms with Gasteiger partial charge in [0.05, 0.1) is 46.4 Å². The molecule has 0 amide bonds. The number of nitriles is 1. The summed E-state index contributed by atoms with van der Waals surface area (Å²) in [6.07, 6.45) is 5.23. The Balaban J connectivity index is 1.58. The van der Waals surface area contributed by atoms with Crippen LogP contribution in [0.3, 0.4) is 0 Å². The van der Waals surface area contributed by atoms with Crippen LogP contribution < -0.4 is 9.80 Å². The van der Waals surface area contributed by atoms with Crippen LogP contribution >= 0.6 is 0 Å². The van der Waals surface area contributed by atoms with Crippen molar-refractivity contribution in [3.05, 3.63) is 103 Å². The van der Waals surface area contributed by atoms with E-state index in [1.54, 1.807) is 42.9 Å². The van der Waals surface area contributed by atoms with Gasteiger partial charge >= 0.3 is 0 Å². The van der Waals surface area contributed by atoms with Crippen LogP contribution in [0.1, 0.15) is 11.1 Å². The van der Waals surface area contributed by atoms with Gasteiger partial charge in [-0.15, -0.1) is 0 Å². The molecule has 0 fully saturated rings. The summed E-state index contributed by atoms with van der Waals surface area (Å²) in [6.45, 7) is 0.805. The minimum atomic E-state index is -3.33. The quantitative estimate of drug-likeness (QED) is 0.423. The van der Waals surface area contributed by atoms with Crippen LogP contribution in [0.5, 0.6) is 0 Å². The Morgan fingerprint density at radius 1 is 0.941 bits per heavy atom. The molecule has 0 atom stereocenters. The van der Waals surface area contributed by atoms with E-state index in [4.69, 9.17) is 0 Å². The number of pyridine rings is 2. The highest BCUT2D eigenvalue weighted by molar-refractivity contribution is 7.91. The summed E-state index contributed by atoms with van der Waals surface area (Å²) in [4.78, 5) is 13.3. The van der Waals surface area contributed by atoms with E-state index in [1.807, 2.05) is 53.4 Å². The lowest BCUT2D eigenvalue weighted by molar-refractivity contribution is 0.592. The SMILES string of the molecule is N#Cc1ccc(N(Cc2cccnc2N2CCS(=O)(=O)c3ccccc32)c2cccnc2)cc1. The molecule has 1 aliphatic rings. The van der Waals surface area contributed by atoms with E-state index in [9.17, 15) is 13.7 Å². The highest BCUT2D eigenvalue weighted by Crippen LogP contribution is 2.37. The molecule has 2 aromatic carbocycles. The Bertz CT molecular complexity index is 1470. The molecule has 3 heterocycles. The third-order valence-corrected chi connectivity index (χ3v) is 7.53. The number of hydrogen-bond donors (Lipinski definition) is 0. The summed E-state index contributed by atoms with van der Waals surface area (Å²) in [5.41, 5.74) is 3.96. The first-order valence-corrected chi connectivity index (χ1v) is 12.4. The van der Waals surface area contributed by atoms with Gasteiger partial charge in [-0.2, -0.15) is 5.26 Å². The standard InChI is InChI=1S/C26H21N5O2S/c27-17-20-9-11-22(12-10-20)31(23-6-4-13-28-18-23)19-21-5-3-14-29-26(21)30-15-16-34(32,33)25-8-2-1-7-24(25)30/h1-14,18H,15-16,19H2. The van der Waals surface area contributed by atoms with Gasteiger partial charge in [-0.1, -0.05) is 18.2 Å².